The molecule has 0 atom stereocenters. The van der Waals surface area contributed by atoms with E-state index in [0.29, 0.717) is 15.3 Å². The van der Waals surface area contributed by atoms with Crippen LogP contribution in [-0.4, -0.2) is 24.7 Å². The van der Waals surface area contributed by atoms with Gasteiger partial charge in [0.25, 0.3) is 9.84 Å². The van der Waals surface area contributed by atoms with Crippen LogP contribution in [0, 0.1) is 0 Å². The van der Waals surface area contributed by atoms with E-state index in [1.807, 2.05) is 0 Å². The van der Waals surface area contributed by atoms with E-state index in [4.69, 9.17) is 0 Å². The van der Waals surface area contributed by atoms with Gasteiger partial charge in [0.15, 0.2) is 5.78 Å². The minimum absolute atomic E-state index is 0.110. The maximum atomic E-state index is 12.6. The quantitative estimate of drug-likeness (QED) is 0.823. The van der Waals surface area contributed by atoms with Gasteiger partial charge in [-0.1, -0.05) is 12.2 Å². The SMILES string of the molecule is O=C1CC=CC=C1c1nc2cc(S(=O)(=O)C(F)(F)F)ccc2s1. The molecule has 1 aliphatic rings. The number of carbonyl (C=O) groups is 1. The molecular weight excluding hydrogens is 351 g/mol. The third-order valence-corrected chi connectivity index (χ3v) is 5.76. The van der Waals surface area contributed by atoms with Crippen molar-refractivity contribution in [2.24, 2.45) is 0 Å². The molecule has 9 heteroatoms. The van der Waals surface area contributed by atoms with E-state index < -0.39 is 20.2 Å². The number of nitrogens with zero attached hydrogens (tertiary/aromatic N) is 1. The van der Waals surface area contributed by atoms with Crippen LogP contribution in [0.3, 0.4) is 0 Å². The Hall–Kier alpha value is -2.00. The van der Waals surface area contributed by atoms with Crippen LogP contribution >= 0.6 is 11.3 Å². The molecule has 3 rings (SSSR count). The Morgan fingerprint density at radius 3 is 2.61 bits per heavy atom. The Balaban J connectivity index is 2.11. The average molecular weight is 359 g/mol. The number of alkyl halides is 3. The highest BCUT2D eigenvalue weighted by Gasteiger charge is 2.47. The summed E-state index contributed by atoms with van der Waals surface area (Å²) in [5, 5.41) is 0.357. The van der Waals surface area contributed by atoms with Crippen molar-refractivity contribution in [3.63, 3.8) is 0 Å². The number of sulfone groups is 1. The summed E-state index contributed by atoms with van der Waals surface area (Å²) >= 11 is 1.12. The second-order valence-electron chi connectivity index (χ2n) is 4.73. The van der Waals surface area contributed by atoms with Crippen LogP contribution in [0.4, 0.5) is 13.2 Å². The third kappa shape index (κ3) is 2.70. The first-order chi connectivity index (χ1) is 10.7. The molecule has 23 heavy (non-hydrogen) atoms. The first-order valence-corrected chi connectivity index (χ1v) is 8.62. The Labute approximate surface area is 132 Å². The number of rotatable bonds is 2. The van der Waals surface area contributed by atoms with Crippen LogP contribution in [-0.2, 0) is 14.6 Å². The number of aromatic nitrogens is 1. The van der Waals surface area contributed by atoms with Crippen molar-refractivity contribution in [2.75, 3.05) is 0 Å². The largest absolute Gasteiger partial charge is 0.501 e. The third-order valence-electron chi connectivity index (χ3n) is 3.21. The number of hydrogen-bond donors (Lipinski definition) is 0. The zero-order chi connectivity index (χ0) is 16.8. The summed E-state index contributed by atoms with van der Waals surface area (Å²) in [6.07, 6.45) is 5.20. The van der Waals surface area contributed by atoms with E-state index in [1.165, 1.54) is 6.07 Å². The molecule has 120 valence electrons. The predicted octanol–water partition coefficient (Wildman–Crippen LogP) is 3.50. The van der Waals surface area contributed by atoms with Gasteiger partial charge in [0.2, 0.25) is 0 Å². The van der Waals surface area contributed by atoms with Gasteiger partial charge in [0, 0.05) is 6.42 Å². The minimum Gasteiger partial charge on any atom is -0.294 e. The molecular formula is C14H8F3NO3S2. The number of ketones is 1. The first kappa shape index (κ1) is 15.9. The van der Waals surface area contributed by atoms with Gasteiger partial charge in [0.1, 0.15) is 5.01 Å². The molecule has 0 N–H and O–H groups in total. The van der Waals surface area contributed by atoms with Crippen molar-refractivity contribution in [2.45, 2.75) is 16.8 Å². The van der Waals surface area contributed by atoms with Crippen molar-refractivity contribution in [1.82, 2.24) is 4.98 Å². The van der Waals surface area contributed by atoms with Gasteiger partial charge in [-0.25, -0.2) is 13.4 Å². The number of carbonyl (C=O) groups excluding carboxylic acids is 1. The summed E-state index contributed by atoms with van der Waals surface area (Å²) in [7, 11) is -5.42. The van der Waals surface area contributed by atoms with Crippen molar-refractivity contribution in [3.8, 4) is 0 Å². The molecule has 1 aromatic heterocycles. The van der Waals surface area contributed by atoms with Crippen molar-refractivity contribution >= 4 is 42.7 Å². The summed E-state index contributed by atoms with van der Waals surface area (Å²) < 4.78 is 61.2. The van der Waals surface area contributed by atoms with Gasteiger partial charge in [0.05, 0.1) is 20.7 Å². The van der Waals surface area contributed by atoms with Gasteiger partial charge in [-0.05, 0) is 24.3 Å². The maximum absolute atomic E-state index is 12.6. The van der Waals surface area contributed by atoms with Gasteiger partial charge in [-0.15, -0.1) is 11.3 Å². The molecule has 2 aromatic rings. The lowest BCUT2D eigenvalue weighted by Crippen LogP contribution is -2.23. The summed E-state index contributed by atoms with van der Waals surface area (Å²) in [6, 6.07) is 3.03. The Kier molecular flexibility index (Phi) is 3.64. The summed E-state index contributed by atoms with van der Waals surface area (Å²) in [5.41, 5.74) is -4.89. The molecule has 4 nitrogen and oxygen atoms in total. The first-order valence-electron chi connectivity index (χ1n) is 6.32. The molecule has 1 aromatic carbocycles. The number of thiazole rings is 1. The molecule has 0 saturated heterocycles. The zero-order valence-electron chi connectivity index (χ0n) is 11.3. The fourth-order valence-electron chi connectivity index (χ4n) is 2.06. The molecule has 0 saturated carbocycles. The number of allylic oxidation sites excluding steroid dienone is 4. The van der Waals surface area contributed by atoms with Crippen LogP contribution in [0.2, 0.25) is 0 Å². The van der Waals surface area contributed by atoms with E-state index in [1.54, 1.807) is 18.2 Å². The fraction of sp³-hybridized carbons (Fsp3) is 0.143. The lowest BCUT2D eigenvalue weighted by molar-refractivity contribution is -0.113. The van der Waals surface area contributed by atoms with Gasteiger partial charge in [-0.2, -0.15) is 13.2 Å². The molecule has 0 amide bonds. The number of halogens is 3. The van der Waals surface area contributed by atoms with E-state index in [2.05, 4.69) is 4.98 Å². The topological polar surface area (TPSA) is 64.1 Å². The standard InChI is InChI=1S/C14H8F3NO3S2/c15-14(16,17)23(20,21)8-5-6-12-10(7-8)18-13(22-12)9-3-1-2-4-11(9)19/h1-3,5-7H,4H2. The Morgan fingerprint density at radius 1 is 1.22 bits per heavy atom. The molecule has 0 radical (unpaired) electrons. The van der Waals surface area contributed by atoms with Crippen LogP contribution < -0.4 is 0 Å². The molecule has 0 fully saturated rings. The molecule has 0 aliphatic heterocycles. The van der Waals surface area contributed by atoms with Crippen LogP contribution in [0.25, 0.3) is 15.8 Å². The fourth-order valence-corrected chi connectivity index (χ4v) is 3.83. The van der Waals surface area contributed by atoms with E-state index in [-0.39, 0.29) is 17.7 Å². The summed E-state index contributed by atoms with van der Waals surface area (Å²) in [4.78, 5) is 15.1. The second kappa shape index (κ2) is 5.27. The Bertz CT molecular complexity index is 969. The Morgan fingerprint density at radius 2 is 1.96 bits per heavy atom. The predicted molar refractivity (Wildman–Crippen MR) is 79.6 cm³/mol. The lowest BCUT2D eigenvalue weighted by Gasteiger charge is -2.07. The summed E-state index contributed by atoms with van der Waals surface area (Å²) in [5.74, 6) is -0.144. The monoisotopic (exact) mass is 359 g/mol. The average Bonchev–Trinajstić information content (AvgIpc) is 2.89. The van der Waals surface area contributed by atoms with Gasteiger partial charge >= 0.3 is 5.51 Å². The maximum Gasteiger partial charge on any atom is 0.501 e. The number of Topliss-reactive ketones (excluding diaryl/α,β-unsaturated/α-hetero) is 1. The van der Waals surface area contributed by atoms with Gasteiger partial charge < -0.3 is 0 Å². The molecule has 0 bridgehead atoms. The van der Waals surface area contributed by atoms with E-state index in [0.717, 1.165) is 23.5 Å². The van der Waals surface area contributed by atoms with Crippen molar-refractivity contribution < 1.29 is 26.4 Å². The molecule has 0 unspecified atom stereocenters. The molecule has 0 spiro atoms. The minimum atomic E-state index is -5.42. The zero-order valence-corrected chi connectivity index (χ0v) is 12.9. The van der Waals surface area contributed by atoms with Crippen molar-refractivity contribution in [3.05, 3.63) is 41.4 Å². The summed E-state index contributed by atoms with van der Waals surface area (Å²) in [6.45, 7) is 0. The van der Waals surface area contributed by atoms with Crippen LogP contribution in [0.1, 0.15) is 11.4 Å². The highest BCUT2D eigenvalue weighted by molar-refractivity contribution is 7.92. The number of benzene rings is 1. The lowest BCUT2D eigenvalue weighted by atomic mass is 10.0. The van der Waals surface area contributed by atoms with E-state index >= 15 is 0 Å². The number of fused-ring (bicyclic) bond motifs is 1. The van der Waals surface area contributed by atoms with Crippen molar-refractivity contribution in [1.29, 1.82) is 0 Å². The van der Waals surface area contributed by atoms with Gasteiger partial charge in [-0.3, -0.25) is 4.79 Å². The molecule has 1 aliphatic carbocycles. The number of hydrogen-bond acceptors (Lipinski definition) is 5. The second-order valence-corrected chi connectivity index (χ2v) is 7.71. The smallest absolute Gasteiger partial charge is 0.294 e. The van der Waals surface area contributed by atoms with Crippen LogP contribution in [0.5, 0.6) is 0 Å². The molecule has 1 heterocycles. The highest BCUT2D eigenvalue weighted by Crippen LogP contribution is 2.34. The highest BCUT2D eigenvalue weighted by atomic mass is 32.2. The van der Waals surface area contributed by atoms with Crippen LogP contribution in [0.15, 0.2) is 41.3 Å². The van der Waals surface area contributed by atoms with E-state index in [9.17, 15) is 26.4 Å². The normalized spacial score (nSPS) is 16.0.